The molecule has 0 amide bonds. The van der Waals surface area contributed by atoms with Crippen molar-refractivity contribution in [1.82, 2.24) is 0 Å². The zero-order valence-electron chi connectivity index (χ0n) is 10.6. The molecule has 1 saturated carbocycles. The molecule has 0 heterocycles. The van der Waals surface area contributed by atoms with Gasteiger partial charge in [0.1, 0.15) is 0 Å². The van der Waals surface area contributed by atoms with Gasteiger partial charge in [-0.15, -0.1) is 0 Å². The number of hydrogen-bond donors (Lipinski definition) is 0. The molecule has 0 aromatic heterocycles. The van der Waals surface area contributed by atoms with Crippen molar-refractivity contribution >= 4 is 5.78 Å². The molecule has 1 aromatic rings. The van der Waals surface area contributed by atoms with E-state index in [1.807, 2.05) is 18.2 Å². The molecular formula is C17H16O. The molecule has 0 saturated heterocycles. The van der Waals surface area contributed by atoms with E-state index in [4.69, 9.17) is 0 Å². The van der Waals surface area contributed by atoms with Gasteiger partial charge in [0.2, 0.25) is 0 Å². The second-order valence-electron chi connectivity index (χ2n) is 6.26. The van der Waals surface area contributed by atoms with Crippen LogP contribution in [0.25, 0.3) is 0 Å². The average molecular weight is 236 g/mol. The molecule has 90 valence electrons. The van der Waals surface area contributed by atoms with Crippen LogP contribution in [0.5, 0.6) is 0 Å². The quantitative estimate of drug-likeness (QED) is 0.669. The van der Waals surface area contributed by atoms with Gasteiger partial charge in [0.15, 0.2) is 5.78 Å². The Morgan fingerprint density at radius 3 is 2.89 bits per heavy atom. The summed E-state index contributed by atoms with van der Waals surface area (Å²) in [4.78, 5) is 12.2. The van der Waals surface area contributed by atoms with Crippen molar-refractivity contribution in [2.75, 3.05) is 0 Å². The smallest absolute Gasteiger partial charge is 0.186 e. The highest BCUT2D eigenvalue weighted by Crippen LogP contribution is 2.60. The third-order valence-corrected chi connectivity index (χ3v) is 5.04. The van der Waals surface area contributed by atoms with E-state index in [0.29, 0.717) is 5.41 Å². The van der Waals surface area contributed by atoms with Gasteiger partial charge in [0, 0.05) is 11.0 Å². The second-order valence-corrected chi connectivity index (χ2v) is 6.26. The summed E-state index contributed by atoms with van der Waals surface area (Å²) in [7, 11) is 0. The summed E-state index contributed by atoms with van der Waals surface area (Å²) in [5, 5.41) is 0. The zero-order chi connectivity index (χ0) is 12.4. The van der Waals surface area contributed by atoms with E-state index in [-0.39, 0.29) is 11.2 Å². The lowest BCUT2D eigenvalue weighted by Gasteiger charge is -2.39. The van der Waals surface area contributed by atoms with Gasteiger partial charge in [-0.1, -0.05) is 43.3 Å². The Morgan fingerprint density at radius 1 is 1.17 bits per heavy atom. The van der Waals surface area contributed by atoms with Crippen LogP contribution in [0.3, 0.4) is 0 Å². The van der Waals surface area contributed by atoms with Crippen molar-refractivity contribution in [1.29, 1.82) is 0 Å². The SMILES string of the molecule is C[C@]12C=CC3=CC(=O)c4ccccc4[C@@]3(CC1)C2. The number of benzene rings is 1. The van der Waals surface area contributed by atoms with Gasteiger partial charge in [-0.2, -0.15) is 0 Å². The van der Waals surface area contributed by atoms with Gasteiger partial charge >= 0.3 is 0 Å². The summed E-state index contributed by atoms with van der Waals surface area (Å²) >= 11 is 0. The fraction of sp³-hybridized carbons (Fsp3) is 0.353. The first-order chi connectivity index (χ1) is 8.63. The molecule has 0 N–H and O–H groups in total. The number of hydrogen-bond acceptors (Lipinski definition) is 1. The summed E-state index contributed by atoms with van der Waals surface area (Å²) in [6.45, 7) is 2.34. The van der Waals surface area contributed by atoms with Crippen LogP contribution in [0.4, 0.5) is 0 Å². The van der Waals surface area contributed by atoms with E-state index in [0.717, 1.165) is 12.0 Å². The second kappa shape index (κ2) is 3.03. The minimum absolute atomic E-state index is 0.119. The molecule has 1 nitrogen and oxygen atoms in total. The highest BCUT2D eigenvalue weighted by molar-refractivity contribution is 6.08. The van der Waals surface area contributed by atoms with Crippen molar-refractivity contribution in [2.45, 2.75) is 31.6 Å². The van der Waals surface area contributed by atoms with Gasteiger partial charge in [-0.3, -0.25) is 4.79 Å². The molecule has 2 bridgehead atoms. The number of allylic oxidation sites excluding steroid dienone is 4. The number of fused-ring (bicyclic) bond motifs is 2. The molecular weight excluding hydrogens is 220 g/mol. The highest BCUT2D eigenvalue weighted by Gasteiger charge is 2.52. The van der Waals surface area contributed by atoms with Crippen molar-refractivity contribution < 1.29 is 4.79 Å². The maximum absolute atomic E-state index is 12.2. The minimum Gasteiger partial charge on any atom is -0.289 e. The van der Waals surface area contributed by atoms with Crippen LogP contribution in [0.2, 0.25) is 0 Å². The highest BCUT2D eigenvalue weighted by atomic mass is 16.1. The third-order valence-electron chi connectivity index (χ3n) is 5.04. The van der Waals surface area contributed by atoms with Gasteiger partial charge in [0.25, 0.3) is 0 Å². The van der Waals surface area contributed by atoms with E-state index in [2.05, 4.69) is 31.2 Å². The molecule has 0 radical (unpaired) electrons. The zero-order valence-corrected chi connectivity index (χ0v) is 10.6. The van der Waals surface area contributed by atoms with Crippen molar-refractivity contribution in [3.63, 3.8) is 0 Å². The van der Waals surface area contributed by atoms with Crippen LogP contribution < -0.4 is 0 Å². The lowest BCUT2D eigenvalue weighted by atomic mass is 9.63. The first-order valence-corrected chi connectivity index (χ1v) is 6.68. The van der Waals surface area contributed by atoms with E-state index < -0.39 is 0 Å². The van der Waals surface area contributed by atoms with Crippen LogP contribution in [-0.2, 0) is 5.41 Å². The number of ketones is 1. The fourth-order valence-electron chi connectivity index (χ4n) is 4.11. The van der Waals surface area contributed by atoms with Gasteiger partial charge < -0.3 is 0 Å². The predicted molar refractivity (Wildman–Crippen MR) is 71.6 cm³/mol. The Balaban J connectivity index is 2.03. The van der Waals surface area contributed by atoms with Gasteiger partial charge in [0.05, 0.1) is 0 Å². The number of carbonyl (C=O) groups excluding carboxylic acids is 1. The summed E-state index contributed by atoms with van der Waals surface area (Å²) in [6, 6.07) is 8.18. The minimum atomic E-state index is 0.119. The maximum atomic E-state index is 12.2. The van der Waals surface area contributed by atoms with Crippen molar-refractivity contribution in [3.05, 3.63) is 59.2 Å². The van der Waals surface area contributed by atoms with Crippen LogP contribution in [0.15, 0.2) is 48.1 Å². The average Bonchev–Trinajstić information content (AvgIpc) is 2.66. The molecule has 1 spiro atoms. The van der Waals surface area contributed by atoms with Crippen molar-refractivity contribution in [2.24, 2.45) is 5.41 Å². The lowest BCUT2D eigenvalue weighted by Crippen LogP contribution is -2.34. The molecule has 18 heavy (non-hydrogen) atoms. The monoisotopic (exact) mass is 236 g/mol. The Hall–Kier alpha value is -1.63. The van der Waals surface area contributed by atoms with E-state index in [1.165, 1.54) is 24.0 Å². The van der Waals surface area contributed by atoms with E-state index >= 15 is 0 Å². The molecule has 1 aromatic carbocycles. The Bertz CT molecular complexity index is 622. The molecule has 0 aliphatic heterocycles. The van der Waals surface area contributed by atoms with E-state index in [1.54, 1.807) is 0 Å². The lowest BCUT2D eigenvalue weighted by molar-refractivity contribution is 0.103. The Kier molecular flexibility index (Phi) is 1.73. The third kappa shape index (κ3) is 1.10. The molecule has 1 heteroatoms. The molecule has 3 aliphatic rings. The molecule has 4 rings (SSSR count). The standard InChI is InChI=1S/C17H16O/c1-16-7-6-12-10-15(18)13-4-2-3-5-14(13)17(12,11-16)9-8-16/h2-7,10H,8-9,11H2,1H3/t16-,17-/m0/s1. The van der Waals surface area contributed by atoms with Crippen molar-refractivity contribution in [3.8, 4) is 0 Å². The van der Waals surface area contributed by atoms with E-state index in [9.17, 15) is 4.79 Å². The van der Waals surface area contributed by atoms with Crippen LogP contribution in [0, 0.1) is 5.41 Å². The summed E-state index contributed by atoms with van der Waals surface area (Å²) in [5.41, 5.74) is 3.86. The molecule has 0 unspecified atom stereocenters. The summed E-state index contributed by atoms with van der Waals surface area (Å²) in [5.74, 6) is 0.173. The summed E-state index contributed by atoms with van der Waals surface area (Å²) < 4.78 is 0. The van der Waals surface area contributed by atoms with Gasteiger partial charge in [-0.25, -0.2) is 0 Å². The Morgan fingerprint density at radius 2 is 2.00 bits per heavy atom. The fourth-order valence-corrected chi connectivity index (χ4v) is 4.11. The first kappa shape index (κ1) is 10.3. The Labute approximate surface area is 107 Å². The number of rotatable bonds is 0. The predicted octanol–water partition coefficient (Wildman–Crippen LogP) is 3.81. The van der Waals surface area contributed by atoms with Crippen LogP contribution in [-0.4, -0.2) is 5.78 Å². The maximum Gasteiger partial charge on any atom is 0.186 e. The first-order valence-electron chi connectivity index (χ1n) is 6.68. The normalized spacial score (nSPS) is 36.1. The van der Waals surface area contributed by atoms with Crippen LogP contribution >= 0.6 is 0 Å². The molecule has 2 atom stereocenters. The molecule has 3 aliphatic carbocycles. The molecule has 1 fully saturated rings. The summed E-state index contributed by atoms with van der Waals surface area (Å²) in [6.07, 6.45) is 9.93. The largest absolute Gasteiger partial charge is 0.289 e. The van der Waals surface area contributed by atoms with Crippen LogP contribution in [0.1, 0.15) is 42.1 Å². The topological polar surface area (TPSA) is 17.1 Å². The van der Waals surface area contributed by atoms with Gasteiger partial charge in [-0.05, 0) is 41.9 Å². The number of carbonyl (C=O) groups is 1.